The number of hydrogen-bond donors (Lipinski definition) is 2. The number of nitrogens with zero attached hydrogens (tertiary/aromatic N) is 2. The van der Waals surface area contributed by atoms with E-state index in [9.17, 15) is 8.42 Å². The van der Waals surface area contributed by atoms with Crippen molar-refractivity contribution in [1.82, 2.24) is 14.5 Å². The van der Waals surface area contributed by atoms with E-state index in [-0.39, 0.29) is 11.4 Å². The average molecular weight is 308 g/mol. The van der Waals surface area contributed by atoms with Crippen molar-refractivity contribution in [3.8, 4) is 0 Å². The van der Waals surface area contributed by atoms with Gasteiger partial charge in [0.15, 0.2) is 0 Å². The number of nitrogens with two attached hydrogens (primary N) is 1. The van der Waals surface area contributed by atoms with Crippen LogP contribution < -0.4 is 10.5 Å². The quantitative estimate of drug-likeness (QED) is 0.816. The van der Waals surface area contributed by atoms with Crippen LogP contribution in [0.3, 0.4) is 0 Å². The lowest BCUT2D eigenvalue weighted by molar-refractivity contribution is 0.580. The number of sulfonamides is 1. The van der Waals surface area contributed by atoms with Crippen molar-refractivity contribution in [2.75, 3.05) is 5.73 Å². The fourth-order valence-electron chi connectivity index (χ4n) is 2.19. The SMILES string of the molecule is CCc1ccc(N)cc1S(=O)(=O)NCc1cn(C)nc1C. The third-order valence-corrected chi connectivity index (χ3v) is 4.81. The molecule has 1 aromatic heterocycles. The van der Waals surface area contributed by atoms with Crippen LogP contribution in [0.2, 0.25) is 0 Å². The lowest BCUT2D eigenvalue weighted by atomic mass is 10.1. The molecule has 1 aromatic carbocycles. The van der Waals surface area contributed by atoms with E-state index in [1.165, 1.54) is 6.07 Å². The summed E-state index contributed by atoms with van der Waals surface area (Å²) in [5.74, 6) is 0. The van der Waals surface area contributed by atoms with Gasteiger partial charge < -0.3 is 5.73 Å². The van der Waals surface area contributed by atoms with Gasteiger partial charge >= 0.3 is 0 Å². The van der Waals surface area contributed by atoms with E-state index in [1.54, 1.807) is 30.1 Å². The smallest absolute Gasteiger partial charge is 0.241 e. The van der Waals surface area contributed by atoms with Crippen LogP contribution in [0.15, 0.2) is 29.3 Å². The van der Waals surface area contributed by atoms with Gasteiger partial charge in [-0.3, -0.25) is 4.68 Å². The van der Waals surface area contributed by atoms with Crippen LogP contribution >= 0.6 is 0 Å². The maximum atomic E-state index is 12.5. The van der Waals surface area contributed by atoms with E-state index in [1.807, 2.05) is 13.8 Å². The first kappa shape index (κ1) is 15.5. The van der Waals surface area contributed by atoms with E-state index in [2.05, 4.69) is 9.82 Å². The van der Waals surface area contributed by atoms with Crippen molar-refractivity contribution in [3.63, 3.8) is 0 Å². The molecule has 114 valence electrons. The van der Waals surface area contributed by atoms with Crippen molar-refractivity contribution in [2.45, 2.75) is 31.7 Å². The molecule has 2 rings (SSSR count). The Kier molecular flexibility index (Phi) is 4.34. The van der Waals surface area contributed by atoms with E-state index in [4.69, 9.17) is 5.73 Å². The second-order valence-corrected chi connectivity index (χ2v) is 6.69. The number of aromatic nitrogens is 2. The van der Waals surface area contributed by atoms with E-state index < -0.39 is 10.0 Å². The highest BCUT2D eigenvalue weighted by molar-refractivity contribution is 7.89. The fourth-order valence-corrected chi connectivity index (χ4v) is 3.54. The molecule has 21 heavy (non-hydrogen) atoms. The Labute approximate surface area is 125 Å². The molecule has 0 saturated heterocycles. The molecule has 6 nitrogen and oxygen atoms in total. The fraction of sp³-hybridized carbons (Fsp3) is 0.357. The zero-order valence-corrected chi connectivity index (χ0v) is 13.2. The number of rotatable bonds is 5. The van der Waals surface area contributed by atoms with Gasteiger partial charge in [0.25, 0.3) is 0 Å². The Morgan fingerprint density at radius 2 is 2.05 bits per heavy atom. The lowest BCUT2D eigenvalue weighted by Crippen LogP contribution is -2.24. The molecular weight excluding hydrogens is 288 g/mol. The van der Waals surface area contributed by atoms with Gasteiger partial charge in [-0.05, 0) is 31.0 Å². The average Bonchev–Trinajstić information content (AvgIpc) is 2.75. The lowest BCUT2D eigenvalue weighted by Gasteiger charge is -2.11. The predicted molar refractivity (Wildman–Crippen MR) is 82.2 cm³/mol. The van der Waals surface area contributed by atoms with Crippen molar-refractivity contribution >= 4 is 15.7 Å². The predicted octanol–water partition coefficient (Wildman–Crippen LogP) is 1.35. The number of anilines is 1. The van der Waals surface area contributed by atoms with Crippen molar-refractivity contribution in [2.24, 2.45) is 7.05 Å². The number of aryl methyl sites for hydroxylation is 3. The van der Waals surface area contributed by atoms with Gasteiger partial charge in [-0.15, -0.1) is 0 Å². The molecule has 7 heteroatoms. The van der Waals surface area contributed by atoms with Gasteiger partial charge in [-0.1, -0.05) is 13.0 Å². The number of nitrogens with one attached hydrogen (secondary N) is 1. The standard InChI is InChI=1S/C14H20N4O2S/c1-4-11-5-6-13(15)7-14(11)21(19,20)16-8-12-9-18(3)17-10(12)2/h5-7,9,16H,4,8,15H2,1-3H3. The molecular formula is C14H20N4O2S. The van der Waals surface area contributed by atoms with E-state index >= 15 is 0 Å². The van der Waals surface area contributed by atoms with Crippen LogP contribution in [0.1, 0.15) is 23.7 Å². The minimum Gasteiger partial charge on any atom is -0.399 e. The van der Waals surface area contributed by atoms with Crippen LogP contribution in [0.25, 0.3) is 0 Å². The first-order valence-corrected chi connectivity index (χ1v) is 8.19. The van der Waals surface area contributed by atoms with Gasteiger partial charge in [0.2, 0.25) is 10.0 Å². The normalized spacial score (nSPS) is 11.8. The summed E-state index contributed by atoms with van der Waals surface area (Å²) in [4.78, 5) is 0.242. The first-order valence-electron chi connectivity index (χ1n) is 6.70. The molecule has 1 heterocycles. The Bertz CT molecular complexity index is 750. The maximum Gasteiger partial charge on any atom is 0.241 e. The molecule has 3 N–H and O–H groups in total. The van der Waals surface area contributed by atoms with Crippen molar-refractivity contribution in [1.29, 1.82) is 0 Å². The summed E-state index contributed by atoms with van der Waals surface area (Å²) in [5, 5.41) is 4.19. The molecule has 0 unspecified atom stereocenters. The van der Waals surface area contributed by atoms with Gasteiger partial charge in [0.05, 0.1) is 10.6 Å². The highest BCUT2D eigenvalue weighted by atomic mass is 32.2. The van der Waals surface area contributed by atoms with E-state index in [0.29, 0.717) is 12.1 Å². The Hall–Kier alpha value is -1.86. The number of nitrogen functional groups attached to an aromatic ring is 1. The Balaban J connectivity index is 2.26. The minimum absolute atomic E-state index is 0.208. The molecule has 0 bridgehead atoms. The van der Waals surface area contributed by atoms with Crippen molar-refractivity contribution in [3.05, 3.63) is 41.2 Å². The van der Waals surface area contributed by atoms with Gasteiger partial charge in [0, 0.05) is 31.0 Å². The molecule has 0 aliphatic rings. The van der Waals surface area contributed by atoms with Crippen molar-refractivity contribution < 1.29 is 8.42 Å². The van der Waals surface area contributed by atoms with E-state index in [0.717, 1.165) is 16.8 Å². The second-order valence-electron chi connectivity index (χ2n) is 4.96. The molecule has 0 amide bonds. The zero-order valence-electron chi connectivity index (χ0n) is 12.4. The summed E-state index contributed by atoms with van der Waals surface area (Å²) in [5.41, 5.74) is 8.55. The Morgan fingerprint density at radius 3 is 2.62 bits per heavy atom. The van der Waals surface area contributed by atoms with Crippen LogP contribution in [-0.2, 0) is 30.0 Å². The summed E-state index contributed by atoms with van der Waals surface area (Å²) in [7, 11) is -1.79. The van der Waals surface area contributed by atoms with Crippen LogP contribution in [-0.4, -0.2) is 18.2 Å². The highest BCUT2D eigenvalue weighted by Gasteiger charge is 2.18. The van der Waals surface area contributed by atoms with Crippen LogP contribution in [0.4, 0.5) is 5.69 Å². The summed E-state index contributed by atoms with van der Waals surface area (Å²) in [6.45, 7) is 3.97. The summed E-state index contributed by atoms with van der Waals surface area (Å²) < 4.78 is 29.2. The molecule has 0 aliphatic heterocycles. The number of hydrogen-bond acceptors (Lipinski definition) is 4. The molecule has 0 radical (unpaired) electrons. The third kappa shape index (κ3) is 3.43. The van der Waals surface area contributed by atoms with Crippen LogP contribution in [0.5, 0.6) is 0 Å². The summed E-state index contributed by atoms with van der Waals surface area (Å²) in [6, 6.07) is 4.96. The van der Waals surface area contributed by atoms with Gasteiger partial charge in [-0.2, -0.15) is 5.10 Å². The summed E-state index contributed by atoms with van der Waals surface area (Å²) in [6.07, 6.45) is 2.43. The molecule has 0 atom stereocenters. The topological polar surface area (TPSA) is 90.0 Å². The number of benzene rings is 1. The molecule has 2 aromatic rings. The second kappa shape index (κ2) is 5.87. The largest absolute Gasteiger partial charge is 0.399 e. The molecule has 0 saturated carbocycles. The van der Waals surface area contributed by atoms with Gasteiger partial charge in [-0.25, -0.2) is 13.1 Å². The third-order valence-electron chi connectivity index (χ3n) is 3.33. The molecule has 0 spiro atoms. The minimum atomic E-state index is -3.60. The van der Waals surface area contributed by atoms with Crippen LogP contribution in [0, 0.1) is 6.92 Å². The zero-order chi connectivity index (χ0) is 15.6. The molecule has 0 aliphatic carbocycles. The monoisotopic (exact) mass is 308 g/mol. The summed E-state index contributed by atoms with van der Waals surface area (Å²) >= 11 is 0. The highest BCUT2D eigenvalue weighted by Crippen LogP contribution is 2.20. The first-order chi connectivity index (χ1) is 9.83. The maximum absolute atomic E-state index is 12.5. The van der Waals surface area contributed by atoms with Gasteiger partial charge in [0.1, 0.15) is 0 Å². The Morgan fingerprint density at radius 1 is 1.33 bits per heavy atom. The molecule has 0 fully saturated rings.